The second-order valence-electron chi connectivity index (χ2n) is 4.94. The molecule has 1 amide bonds. The van der Waals surface area contributed by atoms with Gasteiger partial charge in [0.1, 0.15) is 0 Å². The summed E-state index contributed by atoms with van der Waals surface area (Å²) in [5, 5.41) is 6.38. The minimum Gasteiger partial charge on any atom is -0.478 e. The molecule has 2 aromatic rings. The molecule has 0 spiro atoms. The van der Waals surface area contributed by atoms with Crippen LogP contribution in [0.4, 0.5) is 4.39 Å². The van der Waals surface area contributed by atoms with E-state index in [9.17, 15) is 9.18 Å². The van der Waals surface area contributed by atoms with Gasteiger partial charge in [0.05, 0.1) is 24.9 Å². The molecule has 116 valence electrons. The maximum absolute atomic E-state index is 13.7. The second-order valence-corrected chi connectivity index (χ2v) is 4.94. The van der Waals surface area contributed by atoms with E-state index in [4.69, 9.17) is 9.26 Å². The predicted octanol–water partition coefficient (Wildman–Crippen LogP) is 1.81. The van der Waals surface area contributed by atoms with Crippen LogP contribution < -0.4 is 10.1 Å². The van der Waals surface area contributed by atoms with Gasteiger partial charge in [-0.3, -0.25) is 4.79 Å². The number of carbonyl (C=O) groups excluding carboxylic acids is 1. The summed E-state index contributed by atoms with van der Waals surface area (Å²) >= 11 is 0. The minimum atomic E-state index is -0.717. The molecule has 0 atom stereocenters. The molecule has 0 unspecified atom stereocenters. The van der Waals surface area contributed by atoms with Gasteiger partial charge in [0.15, 0.2) is 11.6 Å². The monoisotopic (exact) mass is 306 g/mol. The van der Waals surface area contributed by atoms with Gasteiger partial charge in [-0.15, -0.1) is 0 Å². The molecule has 2 heterocycles. The SMILES string of the molecule is CCOc1cc(C(=O)NCc2nc(C3CC3)no2)c(F)cn1. The molecule has 1 aliphatic rings. The molecule has 2 aromatic heterocycles. The van der Waals surface area contributed by atoms with E-state index >= 15 is 0 Å². The molecule has 0 radical (unpaired) electrons. The fraction of sp³-hybridized carbons (Fsp3) is 0.429. The average molecular weight is 306 g/mol. The summed E-state index contributed by atoms with van der Waals surface area (Å²) in [6, 6.07) is 1.26. The molecule has 7 nitrogen and oxygen atoms in total. The Hall–Kier alpha value is -2.51. The van der Waals surface area contributed by atoms with Gasteiger partial charge in [0, 0.05) is 12.0 Å². The number of hydrogen-bond acceptors (Lipinski definition) is 6. The van der Waals surface area contributed by atoms with Crippen LogP contribution in [0.5, 0.6) is 5.88 Å². The van der Waals surface area contributed by atoms with Crippen molar-refractivity contribution in [2.75, 3.05) is 6.61 Å². The Morgan fingerprint density at radius 2 is 2.36 bits per heavy atom. The van der Waals surface area contributed by atoms with Crippen molar-refractivity contribution in [1.29, 1.82) is 0 Å². The number of hydrogen-bond donors (Lipinski definition) is 1. The predicted molar refractivity (Wildman–Crippen MR) is 72.8 cm³/mol. The number of amides is 1. The van der Waals surface area contributed by atoms with Gasteiger partial charge in [0.2, 0.25) is 11.8 Å². The van der Waals surface area contributed by atoms with E-state index in [0.717, 1.165) is 19.0 Å². The van der Waals surface area contributed by atoms with Crippen LogP contribution in [0.25, 0.3) is 0 Å². The van der Waals surface area contributed by atoms with E-state index in [0.29, 0.717) is 24.2 Å². The summed E-state index contributed by atoms with van der Waals surface area (Å²) in [4.78, 5) is 19.9. The van der Waals surface area contributed by atoms with Crippen molar-refractivity contribution in [3.63, 3.8) is 0 Å². The quantitative estimate of drug-likeness (QED) is 0.875. The lowest BCUT2D eigenvalue weighted by Crippen LogP contribution is -2.24. The zero-order chi connectivity index (χ0) is 15.5. The first-order valence-corrected chi connectivity index (χ1v) is 7.06. The van der Waals surface area contributed by atoms with E-state index in [1.165, 1.54) is 6.07 Å². The Balaban J connectivity index is 1.64. The van der Waals surface area contributed by atoms with Crippen molar-refractivity contribution < 1.29 is 18.4 Å². The summed E-state index contributed by atoms with van der Waals surface area (Å²) in [6.45, 7) is 2.20. The Labute approximate surface area is 125 Å². The maximum Gasteiger partial charge on any atom is 0.254 e. The summed E-state index contributed by atoms with van der Waals surface area (Å²) in [5.41, 5.74) is -0.139. The van der Waals surface area contributed by atoms with Crippen LogP contribution in [-0.2, 0) is 6.54 Å². The van der Waals surface area contributed by atoms with Crippen LogP contribution in [0.3, 0.4) is 0 Å². The van der Waals surface area contributed by atoms with Crippen molar-refractivity contribution in [1.82, 2.24) is 20.4 Å². The molecule has 0 aromatic carbocycles. The molecular formula is C14H15FN4O3. The Morgan fingerprint density at radius 3 is 3.09 bits per heavy atom. The first kappa shape index (κ1) is 14.4. The van der Waals surface area contributed by atoms with Gasteiger partial charge in [0.25, 0.3) is 5.91 Å². The smallest absolute Gasteiger partial charge is 0.254 e. The standard InChI is InChI=1S/C14H15FN4O3/c1-2-21-11-5-9(10(15)6-16-11)14(20)17-7-12-18-13(19-22-12)8-3-4-8/h5-6,8H,2-4,7H2,1H3,(H,17,20). The first-order valence-electron chi connectivity index (χ1n) is 7.06. The molecule has 1 saturated carbocycles. The minimum absolute atomic E-state index is 0.0459. The lowest BCUT2D eigenvalue weighted by molar-refractivity contribution is 0.0941. The number of nitrogens with zero attached hydrogens (tertiary/aromatic N) is 3. The zero-order valence-electron chi connectivity index (χ0n) is 12.0. The van der Waals surface area contributed by atoms with E-state index in [1.54, 1.807) is 6.92 Å². The van der Waals surface area contributed by atoms with Crippen LogP contribution in [0.2, 0.25) is 0 Å². The van der Waals surface area contributed by atoms with Crippen molar-refractivity contribution in [3.05, 3.63) is 35.4 Å². The van der Waals surface area contributed by atoms with Gasteiger partial charge < -0.3 is 14.6 Å². The maximum atomic E-state index is 13.7. The molecule has 1 fully saturated rings. The van der Waals surface area contributed by atoms with E-state index < -0.39 is 11.7 Å². The molecular weight excluding hydrogens is 291 g/mol. The van der Waals surface area contributed by atoms with Gasteiger partial charge in [-0.05, 0) is 19.8 Å². The van der Waals surface area contributed by atoms with Gasteiger partial charge in [-0.25, -0.2) is 9.37 Å². The highest BCUT2D eigenvalue weighted by molar-refractivity contribution is 5.94. The van der Waals surface area contributed by atoms with Crippen molar-refractivity contribution in [2.45, 2.75) is 32.2 Å². The molecule has 22 heavy (non-hydrogen) atoms. The summed E-state index contributed by atoms with van der Waals surface area (Å²) in [7, 11) is 0. The van der Waals surface area contributed by atoms with Gasteiger partial charge >= 0.3 is 0 Å². The molecule has 0 bridgehead atoms. The van der Waals surface area contributed by atoms with Gasteiger partial charge in [-0.1, -0.05) is 5.16 Å². The van der Waals surface area contributed by atoms with Crippen LogP contribution in [-0.4, -0.2) is 27.6 Å². The van der Waals surface area contributed by atoms with Gasteiger partial charge in [-0.2, -0.15) is 4.98 Å². The Kier molecular flexibility index (Phi) is 3.99. The molecule has 0 saturated heterocycles. The topological polar surface area (TPSA) is 90.1 Å². The summed E-state index contributed by atoms with van der Waals surface area (Å²) in [6.07, 6.45) is 3.08. The van der Waals surface area contributed by atoms with E-state index in [1.807, 2.05) is 0 Å². The number of aromatic nitrogens is 3. The third kappa shape index (κ3) is 3.21. The Bertz CT molecular complexity index is 684. The highest BCUT2D eigenvalue weighted by Gasteiger charge is 2.28. The average Bonchev–Trinajstić information content (AvgIpc) is 3.26. The number of pyridine rings is 1. The zero-order valence-corrected chi connectivity index (χ0v) is 12.0. The number of halogens is 1. The van der Waals surface area contributed by atoms with Crippen molar-refractivity contribution in [3.8, 4) is 5.88 Å². The lowest BCUT2D eigenvalue weighted by Gasteiger charge is -2.06. The number of ether oxygens (including phenoxy) is 1. The van der Waals surface area contributed by atoms with Crippen LogP contribution >= 0.6 is 0 Å². The van der Waals surface area contributed by atoms with Crippen molar-refractivity contribution >= 4 is 5.91 Å². The van der Waals surface area contributed by atoms with E-state index in [2.05, 4.69) is 20.4 Å². The molecule has 3 rings (SSSR count). The second kappa shape index (κ2) is 6.08. The van der Waals surface area contributed by atoms with Crippen LogP contribution in [0, 0.1) is 5.82 Å². The molecule has 0 aliphatic heterocycles. The normalized spacial score (nSPS) is 13.9. The highest BCUT2D eigenvalue weighted by Crippen LogP contribution is 2.38. The number of rotatable bonds is 6. The fourth-order valence-electron chi connectivity index (χ4n) is 1.92. The van der Waals surface area contributed by atoms with Crippen LogP contribution in [0.1, 0.15) is 47.8 Å². The van der Waals surface area contributed by atoms with Crippen LogP contribution in [0.15, 0.2) is 16.8 Å². The third-order valence-electron chi connectivity index (χ3n) is 3.19. The number of nitrogens with one attached hydrogen (secondary N) is 1. The summed E-state index contributed by atoms with van der Waals surface area (Å²) < 4.78 is 23.9. The number of carbonyl (C=O) groups is 1. The molecule has 1 N–H and O–H groups in total. The fourth-order valence-corrected chi connectivity index (χ4v) is 1.92. The highest BCUT2D eigenvalue weighted by atomic mass is 19.1. The van der Waals surface area contributed by atoms with Crippen molar-refractivity contribution in [2.24, 2.45) is 0 Å². The molecule has 1 aliphatic carbocycles. The third-order valence-corrected chi connectivity index (χ3v) is 3.19. The molecule has 8 heteroatoms. The first-order chi connectivity index (χ1) is 10.7. The largest absolute Gasteiger partial charge is 0.478 e. The summed E-state index contributed by atoms with van der Waals surface area (Å²) in [5.74, 6) is 0.229. The lowest BCUT2D eigenvalue weighted by atomic mass is 10.2. The Morgan fingerprint density at radius 1 is 1.55 bits per heavy atom. The van der Waals surface area contributed by atoms with E-state index in [-0.39, 0.29) is 18.0 Å².